The highest BCUT2D eigenvalue weighted by Crippen LogP contribution is 2.25. The van der Waals surface area contributed by atoms with E-state index in [1.54, 1.807) is 32.2 Å². The fourth-order valence-electron chi connectivity index (χ4n) is 3.73. The standard InChI is InChI=1S/C21H29N3O4S/c1-3-24(4-2)29(26,27)18-11-9-17(10-12-18)21(25)22-16-19(20-8-7-15-28-20)23-13-5-6-14-23/h7-12,15,19H,3-6,13-14,16H2,1-2H3,(H,22,25)/t19-/m0/s1. The summed E-state index contributed by atoms with van der Waals surface area (Å²) in [4.78, 5) is 15.1. The Kier molecular flexibility index (Phi) is 7.10. The van der Waals surface area contributed by atoms with Crippen LogP contribution in [-0.2, 0) is 10.0 Å². The van der Waals surface area contributed by atoms with E-state index in [-0.39, 0.29) is 16.8 Å². The zero-order valence-electron chi connectivity index (χ0n) is 17.0. The van der Waals surface area contributed by atoms with Gasteiger partial charge in [0, 0.05) is 25.2 Å². The fraction of sp³-hybridized carbons (Fsp3) is 0.476. The van der Waals surface area contributed by atoms with E-state index in [4.69, 9.17) is 4.42 Å². The third-order valence-corrected chi connectivity index (χ3v) is 7.43. The molecule has 1 amide bonds. The molecular weight excluding hydrogens is 390 g/mol. The Morgan fingerprint density at radius 1 is 1.14 bits per heavy atom. The van der Waals surface area contributed by atoms with Crippen LogP contribution in [0.2, 0.25) is 0 Å². The Morgan fingerprint density at radius 2 is 1.79 bits per heavy atom. The Labute approximate surface area is 172 Å². The zero-order chi connectivity index (χ0) is 20.9. The summed E-state index contributed by atoms with van der Waals surface area (Å²) in [5.41, 5.74) is 0.433. The highest BCUT2D eigenvalue weighted by molar-refractivity contribution is 7.89. The number of sulfonamides is 1. The molecule has 7 nitrogen and oxygen atoms in total. The number of benzene rings is 1. The van der Waals surface area contributed by atoms with E-state index in [9.17, 15) is 13.2 Å². The molecule has 0 aliphatic carbocycles. The van der Waals surface area contributed by atoms with Crippen molar-refractivity contribution in [2.75, 3.05) is 32.7 Å². The second-order valence-corrected chi connectivity index (χ2v) is 9.04. The quantitative estimate of drug-likeness (QED) is 0.676. The van der Waals surface area contributed by atoms with Gasteiger partial charge in [0.1, 0.15) is 5.76 Å². The van der Waals surface area contributed by atoms with Crippen molar-refractivity contribution in [3.05, 3.63) is 54.0 Å². The number of furan rings is 1. The monoisotopic (exact) mass is 419 g/mol. The zero-order valence-corrected chi connectivity index (χ0v) is 17.8. The first-order valence-electron chi connectivity index (χ1n) is 10.1. The molecule has 1 aliphatic heterocycles. The maximum atomic E-state index is 12.6. The van der Waals surface area contributed by atoms with E-state index in [2.05, 4.69) is 10.2 Å². The van der Waals surface area contributed by atoms with Gasteiger partial charge >= 0.3 is 0 Å². The lowest BCUT2D eigenvalue weighted by Gasteiger charge is -2.26. The Balaban J connectivity index is 1.67. The van der Waals surface area contributed by atoms with Gasteiger partial charge in [-0.2, -0.15) is 4.31 Å². The van der Waals surface area contributed by atoms with E-state index in [1.807, 2.05) is 12.1 Å². The maximum absolute atomic E-state index is 12.6. The van der Waals surface area contributed by atoms with Gasteiger partial charge in [0.15, 0.2) is 0 Å². The van der Waals surface area contributed by atoms with E-state index in [0.29, 0.717) is 25.2 Å². The van der Waals surface area contributed by atoms with E-state index < -0.39 is 10.0 Å². The molecule has 1 N–H and O–H groups in total. The number of amides is 1. The predicted molar refractivity (Wildman–Crippen MR) is 111 cm³/mol. The summed E-state index contributed by atoms with van der Waals surface area (Å²) in [7, 11) is -3.53. The summed E-state index contributed by atoms with van der Waals surface area (Å²) >= 11 is 0. The molecule has 0 bridgehead atoms. The molecule has 2 aromatic rings. The number of nitrogens with one attached hydrogen (secondary N) is 1. The van der Waals surface area contributed by atoms with Crippen LogP contribution in [0.4, 0.5) is 0 Å². The number of rotatable bonds is 9. The number of nitrogens with zero attached hydrogens (tertiary/aromatic N) is 2. The van der Waals surface area contributed by atoms with Gasteiger partial charge in [0.2, 0.25) is 10.0 Å². The van der Waals surface area contributed by atoms with Crippen LogP contribution < -0.4 is 5.32 Å². The van der Waals surface area contributed by atoms with Crippen molar-refractivity contribution in [2.24, 2.45) is 0 Å². The van der Waals surface area contributed by atoms with Gasteiger partial charge in [-0.3, -0.25) is 9.69 Å². The fourth-order valence-corrected chi connectivity index (χ4v) is 5.18. The van der Waals surface area contributed by atoms with Crippen LogP contribution in [0.1, 0.15) is 48.8 Å². The molecule has 0 saturated carbocycles. The van der Waals surface area contributed by atoms with Crippen LogP contribution in [-0.4, -0.2) is 56.3 Å². The molecule has 3 rings (SSSR count). The van der Waals surface area contributed by atoms with Crippen LogP contribution in [0.3, 0.4) is 0 Å². The van der Waals surface area contributed by atoms with Gasteiger partial charge in [-0.25, -0.2) is 8.42 Å². The van der Waals surface area contributed by atoms with Gasteiger partial charge < -0.3 is 9.73 Å². The van der Waals surface area contributed by atoms with Crippen molar-refractivity contribution < 1.29 is 17.6 Å². The summed E-state index contributed by atoms with van der Waals surface area (Å²) in [6, 6.07) is 9.89. The van der Waals surface area contributed by atoms with Crippen LogP contribution in [0.25, 0.3) is 0 Å². The number of likely N-dealkylation sites (tertiary alicyclic amines) is 1. The molecular formula is C21H29N3O4S. The number of hydrogen-bond donors (Lipinski definition) is 1. The summed E-state index contributed by atoms with van der Waals surface area (Å²) in [5, 5.41) is 2.97. The van der Waals surface area contributed by atoms with Gasteiger partial charge in [0.05, 0.1) is 17.2 Å². The Bertz CT molecular complexity index is 885. The molecule has 158 valence electrons. The summed E-state index contributed by atoms with van der Waals surface area (Å²) in [6.45, 7) is 6.83. The van der Waals surface area contributed by atoms with Crippen LogP contribution in [0.15, 0.2) is 52.0 Å². The number of carbonyl (C=O) groups excluding carboxylic acids is 1. The minimum Gasteiger partial charge on any atom is -0.468 e. The van der Waals surface area contributed by atoms with Gasteiger partial charge in [-0.15, -0.1) is 0 Å². The molecule has 1 aromatic carbocycles. The topological polar surface area (TPSA) is 82.9 Å². The first kappa shape index (κ1) is 21.5. The minimum atomic E-state index is -3.53. The molecule has 1 atom stereocenters. The van der Waals surface area contributed by atoms with Crippen molar-refractivity contribution in [1.29, 1.82) is 0 Å². The van der Waals surface area contributed by atoms with Gasteiger partial charge in [-0.05, 0) is 62.3 Å². The van der Waals surface area contributed by atoms with Gasteiger partial charge in [-0.1, -0.05) is 13.8 Å². The highest BCUT2D eigenvalue weighted by atomic mass is 32.2. The molecule has 1 aliphatic rings. The SMILES string of the molecule is CCN(CC)S(=O)(=O)c1ccc(C(=O)NC[C@@H](c2ccco2)N2CCCC2)cc1. The lowest BCUT2D eigenvalue weighted by molar-refractivity contribution is 0.0933. The van der Waals surface area contributed by atoms with Crippen molar-refractivity contribution >= 4 is 15.9 Å². The molecule has 1 saturated heterocycles. The third-order valence-electron chi connectivity index (χ3n) is 5.37. The molecule has 0 radical (unpaired) electrons. The first-order valence-corrected chi connectivity index (χ1v) is 11.6. The molecule has 0 spiro atoms. The van der Waals surface area contributed by atoms with Crippen molar-refractivity contribution in [3.8, 4) is 0 Å². The molecule has 29 heavy (non-hydrogen) atoms. The molecule has 1 aromatic heterocycles. The van der Waals surface area contributed by atoms with E-state index in [0.717, 1.165) is 31.7 Å². The average molecular weight is 420 g/mol. The van der Waals surface area contributed by atoms with Crippen LogP contribution >= 0.6 is 0 Å². The highest BCUT2D eigenvalue weighted by Gasteiger charge is 2.26. The molecule has 2 heterocycles. The van der Waals surface area contributed by atoms with E-state index >= 15 is 0 Å². The smallest absolute Gasteiger partial charge is 0.251 e. The number of carbonyl (C=O) groups is 1. The van der Waals surface area contributed by atoms with Crippen molar-refractivity contribution in [3.63, 3.8) is 0 Å². The second kappa shape index (κ2) is 9.56. The first-order chi connectivity index (χ1) is 14.0. The predicted octanol–water partition coefficient (Wildman–Crippen LogP) is 2.88. The minimum absolute atomic E-state index is 0.00114. The molecule has 0 unspecified atom stereocenters. The lowest BCUT2D eigenvalue weighted by Crippen LogP contribution is -2.36. The average Bonchev–Trinajstić information content (AvgIpc) is 3.44. The molecule has 8 heteroatoms. The normalized spacial score (nSPS) is 16.2. The lowest BCUT2D eigenvalue weighted by atomic mass is 10.1. The Morgan fingerprint density at radius 3 is 2.34 bits per heavy atom. The summed E-state index contributed by atoms with van der Waals surface area (Å²) in [5.74, 6) is 0.611. The second-order valence-electron chi connectivity index (χ2n) is 7.10. The third kappa shape index (κ3) is 4.88. The molecule has 1 fully saturated rings. The number of hydrogen-bond acceptors (Lipinski definition) is 5. The Hall–Kier alpha value is -2.16. The van der Waals surface area contributed by atoms with Crippen molar-refractivity contribution in [2.45, 2.75) is 37.6 Å². The van der Waals surface area contributed by atoms with E-state index in [1.165, 1.54) is 16.4 Å². The summed E-state index contributed by atoms with van der Waals surface area (Å²) in [6.07, 6.45) is 3.94. The van der Waals surface area contributed by atoms with Crippen molar-refractivity contribution in [1.82, 2.24) is 14.5 Å². The van der Waals surface area contributed by atoms with Crippen LogP contribution in [0, 0.1) is 0 Å². The largest absolute Gasteiger partial charge is 0.468 e. The van der Waals surface area contributed by atoms with Crippen LogP contribution in [0.5, 0.6) is 0 Å². The maximum Gasteiger partial charge on any atom is 0.251 e. The summed E-state index contributed by atoms with van der Waals surface area (Å²) < 4.78 is 32.1. The van der Waals surface area contributed by atoms with Gasteiger partial charge in [0.25, 0.3) is 5.91 Å².